The van der Waals surface area contributed by atoms with Crippen molar-refractivity contribution in [2.45, 2.75) is 26.8 Å². The molecule has 1 saturated heterocycles. The summed E-state index contributed by atoms with van der Waals surface area (Å²) < 4.78 is 4.89. The van der Waals surface area contributed by atoms with Crippen molar-refractivity contribution in [1.82, 2.24) is 15.2 Å². The van der Waals surface area contributed by atoms with Crippen LogP contribution in [0.15, 0.2) is 11.6 Å². The van der Waals surface area contributed by atoms with Crippen molar-refractivity contribution in [3.63, 3.8) is 0 Å². The standard InChI is InChI=1S/C15H24N4O3S/c1-4-22-15(21)17-12(11(2)3)13(20)18-6-8-19(9-7-18)14-16-5-10-23-14/h5,10-12H,4,6-9H2,1-3H3,(H,17,21)/t12-/m1/s1. The molecule has 1 aromatic rings. The quantitative estimate of drug-likeness (QED) is 0.880. The molecule has 128 valence electrons. The maximum atomic E-state index is 12.7. The molecule has 0 radical (unpaired) electrons. The first kappa shape index (κ1) is 17.5. The van der Waals surface area contributed by atoms with Gasteiger partial charge in [-0.05, 0) is 12.8 Å². The van der Waals surface area contributed by atoms with Crippen LogP contribution >= 0.6 is 11.3 Å². The lowest BCUT2D eigenvalue weighted by Gasteiger charge is -2.37. The maximum absolute atomic E-state index is 12.7. The zero-order chi connectivity index (χ0) is 16.8. The minimum atomic E-state index is -0.555. The topological polar surface area (TPSA) is 74.8 Å². The van der Waals surface area contributed by atoms with Crippen LogP contribution in [0, 0.1) is 5.92 Å². The Hall–Kier alpha value is -1.83. The number of aromatic nitrogens is 1. The summed E-state index contributed by atoms with van der Waals surface area (Å²) in [5.74, 6) is -0.0456. The van der Waals surface area contributed by atoms with Crippen LogP contribution in [0.2, 0.25) is 0 Å². The van der Waals surface area contributed by atoms with Crippen LogP contribution in [0.3, 0.4) is 0 Å². The molecular weight excluding hydrogens is 316 g/mol. The summed E-state index contributed by atoms with van der Waals surface area (Å²) in [5, 5.41) is 5.61. The summed E-state index contributed by atoms with van der Waals surface area (Å²) >= 11 is 1.60. The maximum Gasteiger partial charge on any atom is 0.407 e. The fourth-order valence-electron chi connectivity index (χ4n) is 2.50. The van der Waals surface area contributed by atoms with Gasteiger partial charge in [-0.15, -0.1) is 11.3 Å². The minimum absolute atomic E-state index is 0.00361. The molecule has 23 heavy (non-hydrogen) atoms. The normalized spacial score (nSPS) is 16.3. The number of anilines is 1. The van der Waals surface area contributed by atoms with Crippen molar-refractivity contribution in [2.24, 2.45) is 5.92 Å². The van der Waals surface area contributed by atoms with Crippen molar-refractivity contribution in [1.29, 1.82) is 0 Å². The van der Waals surface area contributed by atoms with Crippen LogP contribution in [0.25, 0.3) is 0 Å². The predicted octanol–water partition coefficient (Wildman–Crippen LogP) is 1.56. The Morgan fingerprint density at radius 1 is 1.35 bits per heavy atom. The Balaban J connectivity index is 1.92. The molecule has 0 spiro atoms. The molecular formula is C15H24N4O3S. The molecule has 1 N–H and O–H groups in total. The van der Waals surface area contributed by atoms with E-state index in [4.69, 9.17) is 4.74 Å². The third-order valence-electron chi connectivity index (χ3n) is 3.76. The first-order valence-corrected chi connectivity index (χ1v) is 8.77. The molecule has 0 unspecified atom stereocenters. The summed E-state index contributed by atoms with van der Waals surface area (Å²) in [6, 6.07) is -0.555. The lowest BCUT2D eigenvalue weighted by atomic mass is 10.0. The molecule has 1 aliphatic rings. The number of nitrogens with zero attached hydrogens (tertiary/aromatic N) is 3. The Labute approximate surface area is 140 Å². The van der Waals surface area contributed by atoms with Gasteiger partial charge in [0.15, 0.2) is 5.13 Å². The third kappa shape index (κ3) is 4.57. The van der Waals surface area contributed by atoms with Crippen LogP contribution in [-0.2, 0) is 9.53 Å². The predicted molar refractivity (Wildman–Crippen MR) is 89.7 cm³/mol. The van der Waals surface area contributed by atoms with Crippen LogP contribution in [0.1, 0.15) is 20.8 Å². The molecule has 1 atom stereocenters. The smallest absolute Gasteiger partial charge is 0.407 e. The van der Waals surface area contributed by atoms with E-state index in [2.05, 4.69) is 15.2 Å². The van der Waals surface area contributed by atoms with Gasteiger partial charge in [0, 0.05) is 37.8 Å². The number of rotatable bonds is 5. The minimum Gasteiger partial charge on any atom is -0.450 e. The van der Waals surface area contributed by atoms with Gasteiger partial charge in [0.2, 0.25) is 5.91 Å². The van der Waals surface area contributed by atoms with Crippen molar-refractivity contribution in [2.75, 3.05) is 37.7 Å². The second-order valence-corrected chi connectivity index (χ2v) is 6.59. The summed E-state index contributed by atoms with van der Waals surface area (Å²) in [5.41, 5.74) is 0. The van der Waals surface area contributed by atoms with Gasteiger partial charge in [0.1, 0.15) is 6.04 Å². The number of carbonyl (C=O) groups is 2. The number of ether oxygens (including phenoxy) is 1. The zero-order valence-electron chi connectivity index (χ0n) is 13.8. The third-order valence-corrected chi connectivity index (χ3v) is 4.59. The summed E-state index contributed by atoms with van der Waals surface area (Å²) in [6.45, 7) is 8.63. The summed E-state index contributed by atoms with van der Waals surface area (Å²) in [4.78, 5) is 32.6. The lowest BCUT2D eigenvalue weighted by Crippen LogP contribution is -2.56. The number of amides is 2. The number of thiazole rings is 1. The van der Waals surface area contributed by atoms with Crippen LogP contribution in [-0.4, -0.2) is 60.7 Å². The average molecular weight is 340 g/mol. The SMILES string of the molecule is CCOC(=O)N[C@@H](C(=O)N1CCN(c2nccs2)CC1)C(C)C. The van der Waals surface area contributed by atoms with Crippen molar-refractivity contribution < 1.29 is 14.3 Å². The number of piperazine rings is 1. The van der Waals surface area contributed by atoms with E-state index >= 15 is 0 Å². The molecule has 0 bridgehead atoms. The zero-order valence-corrected chi connectivity index (χ0v) is 14.6. The number of hydrogen-bond donors (Lipinski definition) is 1. The first-order chi connectivity index (χ1) is 11.0. The monoisotopic (exact) mass is 340 g/mol. The average Bonchev–Trinajstić information content (AvgIpc) is 3.06. The Kier molecular flexibility index (Phi) is 6.20. The van der Waals surface area contributed by atoms with Crippen LogP contribution < -0.4 is 10.2 Å². The van der Waals surface area contributed by atoms with Gasteiger partial charge >= 0.3 is 6.09 Å². The summed E-state index contributed by atoms with van der Waals surface area (Å²) in [6.07, 6.45) is 1.25. The van der Waals surface area contributed by atoms with E-state index < -0.39 is 12.1 Å². The molecule has 7 nitrogen and oxygen atoms in total. The van der Waals surface area contributed by atoms with Crippen LogP contribution in [0.4, 0.5) is 9.93 Å². The number of carbonyl (C=O) groups excluding carboxylic acids is 2. The highest BCUT2D eigenvalue weighted by Crippen LogP contribution is 2.19. The molecule has 0 aromatic carbocycles. The van der Waals surface area contributed by atoms with Gasteiger partial charge < -0.3 is 19.9 Å². The second-order valence-electron chi connectivity index (χ2n) is 5.71. The van der Waals surface area contributed by atoms with E-state index in [1.54, 1.807) is 29.4 Å². The fourth-order valence-corrected chi connectivity index (χ4v) is 3.20. The Bertz CT molecular complexity index is 513. The highest BCUT2D eigenvalue weighted by atomic mass is 32.1. The first-order valence-electron chi connectivity index (χ1n) is 7.89. The van der Waals surface area contributed by atoms with Gasteiger partial charge in [-0.3, -0.25) is 4.79 Å². The highest BCUT2D eigenvalue weighted by molar-refractivity contribution is 7.13. The second kappa shape index (κ2) is 8.14. The molecule has 2 rings (SSSR count). The molecule has 0 saturated carbocycles. The molecule has 2 amide bonds. The van der Waals surface area contributed by atoms with Gasteiger partial charge in [-0.25, -0.2) is 9.78 Å². The van der Waals surface area contributed by atoms with E-state index in [1.165, 1.54) is 0 Å². The molecule has 1 fully saturated rings. The Morgan fingerprint density at radius 3 is 2.57 bits per heavy atom. The molecule has 8 heteroatoms. The van der Waals surface area contributed by atoms with E-state index in [-0.39, 0.29) is 18.4 Å². The molecule has 0 aliphatic carbocycles. The Morgan fingerprint density at radius 2 is 2.04 bits per heavy atom. The van der Waals surface area contributed by atoms with Gasteiger partial charge in [0.05, 0.1) is 6.61 Å². The van der Waals surface area contributed by atoms with E-state index in [9.17, 15) is 9.59 Å². The van der Waals surface area contributed by atoms with E-state index in [0.29, 0.717) is 13.1 Å². The van der Waals surface area contributed by atoms with E-state index in [1.807, 2.05) is 19.2 Å². The molecule has 2 heterocycles. The molecule has 1 aliphatic heterocycles. The van der Waals surface area contributed by atoms with Gasteiger partial charge in [-0.2, -0.15) is 0 Å². The van der Waals surface area contributed by atoms with Gasteiger partial charge in [-0.1, -0.05) is 13.8 Å². The fraction of sp³-hybridized carbons (Fsp3) is 0.667. The lowest BCUT2D eigenvalue weighted by molar-refractivity contribution is -0.134. The van der Waals surface area contributed by atoms with E-state index in [0.717, 1.165) is 18.2 Å². The molecule has 1 aromatic heterocycles. The number of hydrogen-bond acceptors (Lipinski definition) is 6. The van der Waals surface area contributed by atoms with Crippen LogP contribution in [0.5, 0.6) is 0 Å². The summed E-state index contributed by atoms with van der Waals surface area (Å²) in [7, 11) is 0. The number of alkyl carbamates (subject to hydrolysis) is 1. The number of nitrogens with one attached hydrogen (secondary N) is 1. The highest BCUT2D eigenvalue weighted by Gasteiger charge is 2.31. The van der Waals surface area contributed by atoms with Crippen molar-refractivity contribution in [3.8, 4) is 0 Å². The largest absolute Gasteiger partial charge is 0.450 e. The van der Waals surface area contributed by atoms with Gasteiger partial charge in [0.25, 0.3) is 0 Å². The van der Waals surface area contributed by atoms with Crippen molar-refractivity contribution >= 4 is 28.5 Å². The van der Waals surface area contributed by atoms with Crippen molar-refractivity contribution in [3.05, 3.63) is 11.6 Å².